The lowest BCUT2D eigenvalue weighted by molar-refractivity contribution is -0.136. The molecule has 17 nitrogen and oxygen atoms in total. The number of nitrogens with zero attached hydrogens (tertiary/aromatic N) is 10. The van der Waals surface area contributed by atoms with Gasteiger partial charge in [0.1, 0.15) is 59.0 Å². The molecule has 414 valence electrons. The van der Waals surface area contributed by atoms with Crippen LogP contribution in [-0.2, 0) is 16.2 Å². The maximum Gasteiger partial charge on any atom is 0.248 e. The Labute approximate surface area is 470 Å². The number of aryl methyl sites for hydroxylation is 2. The lowest BCUT2D eigenvalue weighted by Gasteiger charge is -2.33. The number of carbonyl (C=O) groups excluding carboxylic acids is 2. The molecule has 6 aromatic heterocycles. The number of halogens is 5. The van der Waals surface area contributed by atoms with Crippen molar-refractivity contribution in [2.45, 2.75) is 58.2 Å². The molecule has 0 saturated carbocycles. The smallest absolute Gasteiger partial charge is 0.248 e. The number of benzene rings is 4. The summed E-state index contributed by atoms with van der Waals surface area (Å²) in [4.78, 5) is 53.5. The average molecular weight is 1140 g/mol. The number of aromatic nitrogens is 8. The number of amides is 2. The highest BCUT2D eigenvalue weighted by Crippen LogP contribution is 2.41. The van der Waals surface area contributed by atoms with Crippen molar-refractivity contribution in [3.63, 3.8) is 0 Å². The third-order valence-corrected chi connectivity index (χ3v) is 15.4. The van der Waals surface area contributed by atoms with Gasteiger partial charge in [-0.1, -0.05) is 35.3 Å². The second-order valence-electron chi connectivity index (χ2n) is 19.7. The first-order chi connectivity index (χ1) is 39.2. The number of hydrogen-bond donors (Lipinski definition) is 3. The third kappa shape index (κ3) is 11.0. The molecule has 0 bridgehead atoms. The van der Waals surface area contributed by atoms with E-state index < -0.39 is 30.8 Å². The monoisotopic (exact) mass is 1140 g/mol. The number of pyridine rings is 4. The highest BCUT2D eigenvalue weighted by Gasteiger charge is 2.29. The summed E-state index contributed by atoms with van der Waals surface area (Å²) in [5.41, 5.74) is 6.09. The van der Waals surface area contributed by atoms with Gasteiger partial charge < -0.3 is 43.7 Å². The van der Waals surface area contributed by atoms with E-state index in [0.717, 1.165) is 33.5 Å². The minimum Gasteiger partial charge on any atom is -0.439 e. The summed E-state index contributed by atoms with van der Waals surface area (Å²) in [7, 11) is 0. The van der Waals surface area contributed by atoms with Gasteiger partial charge in [-0.05, 0) is 88.1 Å². The Balaban J connectivity index is 0.000000170. The molecule has 2 amide bonds. The van der Waals surface area contributed by atoms with Crippen LogP contribution in [0.5, 0.6) is 23.3 Å². The topological polar surface area (TPSA) is 207 Å². The summed E-state index contributed by atoms with van der Waals surface area (Å²) in [5.74, 6) is 0.578. The molecule has 0 unspecified atom stereocenters. The summed E-state index contributed by atoms with van der Waals surface area (Å²) in [5, 5.41) is 29.8. The number of aliphatic hydroxyl groups excluding tert-OH is 3. The number of aliphatic hydroxyl groups is 3. The van der Waals surface area contributed by atoms with Crippen molar-refractivity contribution >= 4 is 78.9 Å². The van der Waals surface area contributed by atoms with Gasteiger partial charge in [-0.2, -0.15) is 9.37 Å². The molecule has 4 aromatic carbocycles. The lowest BCUT2D eigenvalue weighted by atomic mass is 10.0. The summed E-state index contributed by atoms with van der Waals surface area (Å²) >= 11 is 13.2. The molecular formula is C59H51Cl2F3N10O7. The summed E-state index contributed by atoms with van der Waals surface area (Å²) in [6.45, 7) is 4.79. The molecule has 2 aliphatic rings. The largest absolute Gasteiger partial charge is 0.439 e. The fourth-order valence-electron chi connectivity index (χ4n) is 10.9. The molecule has 8 heterocycles. The van der Waals surface area contributed by atoms with Gasteiger partial charge in [0.25, 0.3) is 0 Å². The second-order valence-corrected chi connectivity index (χ2v) is 20.5. The Morgan fingerprint density at radius 2 is 1.00 bits per heavy atom. The van der Waals surface area contributed by atoms with Crippen LogP contribution >= 0.6 is 23.2 Å². The Bertz CT molecular complexity index is 4070. The van der Waals surface area contributed by atoms with Gasteiger partial charge in [0.15, 0.2) is 0 Å². The zero-order valence-corrected chi connectivity index (χ0v) is 45.2. The van der Waals surface area contributed by atoms with E-state index in [0.29, 0.717) is 119 Å². The first-order valence-electron chi connectivity index (χ1n) is 26.0. The van der Waals surface area contributed by atoms with Gasteiger partial charge in [0.05, 0.1) is 56.8 Å². The number of ether oxygens (including phenoxy) is 2. The highest BCUT2D eigenvalue weighted by atomic mass is 35.5. The van der Waals surface area contributed by atoms with Gasteiger partial charge in [-0.3, -0.25) is 19.6 Å². The normalized spacial score (nSPS) is 14.2. The molecule has 81 heavy (non-hydrogen) atoms. The maximum absolute atomic E-state index is 15.5. The van der Waals surface area contributed by atoms with E-state index in [1.165, 1.54) is 36.4 Å². The molecule has 22 heteroatoms. The van der Waals surface area contributed by atoms with E-state index in [9.17, 15) is 29.3 Å². The van der Waals surface area contributed by atoms with Crippen LogP contribution in [0, 0.1) is 31.4 Å². The quantitative estimate of drug-likeness (QED) is 0.103. The first kappa shape index (κ1) is 54.7. The Morgan fingerprint density at radius 1 is 0.556 bits per heavy atom. The predicted molar refractivity (Wildman–Crippen MR) is 299 cm³/mol. The van der Waals surface area contributed by atoms with Crippen LogP contribution in [0.15, 0.2) is 109 Å². The van der Waals surface area contributed by atoms with Crippen molar-refractivity contribution in [3.8, 4) is 45.5 Å². The van der Waals surface area contributed by atoms with Gasteiger partial charge in [-0.25, -0.2) is 23.7 Å². The summed E-state index contributed by atoms with van der Waals surface area (Å²) in [6, 6.07) is 25.5. The fourth-order valence-corrected chi connectivity index (χ4v) is 11.5. The zero-order chi connectivity index (χ0) is 56.6. The average Bonchev–Trinajstić information content (AvgIpc) is 4.25. The van der Waals surface area contributed by atoms with Gasteiger partial charge in [0, 0.05) is 108 Å². The van der Waals surface area contributed by atoms with Gasteiger partial charge >= 0.3 is 0 Å². The van der Waals surface area contributed by atoms with E-state index in [4.69, 9.17) is 42.6 Å². The fraction of sp³-hybridized carbons (Fsp3) is 0.254. The minimum atomic E-state index is -0.669. The van der Waals surface area contributed by atoms with E-state index in [2.05, 4.69) is 29.1 Å². The number of fused-ring (bicyclic) bond motifs is 6. The maximum atomic E-state index is 15.5. The van der Waals surface area contributed by atoms with E-state index in [-0.39, 0.29) is 47.0 Å². The lowest BCUT2D eigenvalue weighted by Crippen LogP contribution is -2.40. The molecule has 0 aliphatic carbocycles. The molecule has 0 radical (unpaired) electrons. The molecule has 0 atom stereocenters. The Morgan fingerprint density at radius 3 is 1.42 bits per heavy atom. The number of piperidine rings is 2. The van der Waals surface area contributed by atoms with Gasteiger partial charge in [-0.15, -0.1) is 0 Å². The number of carbonyl (C=O) groups is 2. The van der Waals surface area contributed by atoms with Crippen molar-refractivity contribution in [3.05, 3.63) is 154 Å². The zero-order valence-electron chi connectivity index (χ0n) is 43.7. The van der Waals surface area contributed by atoms with Crippen molar-refractivity contribution < 1.29 is 47.6 Å². The third-order valence-electron chi connectivity index (χ3n) is 14.7. The molecular weight excluding hydrogens is 1090 g/mol. The molecule has 12 rings (SSSR count). The van der Waals surface area contributed by atoms with E-state index in [1.807, 2.05) is 13.8 Å². The van der Waals surface area contributed by atoms with Crippen molar-refractivity contribution in [2.24, 2.45) is 0 Å². The number of likely N-dealkylation sites (tertiary alicyclic amines) is 2. The van der Waals surface area contributed by atoms with E-state index in [1.54, 1.807) is 82.9 Å². The number of imidazole rings is 2. The van der Waals surface area contributed by atoms with Crippen molar-refractivity contribution in [2.75, 3.05) is 39.4 Å². The standard InChI is InChI=1S/C30H27ClFN5O4.C29H24ClF2N5O3/c1-17-34-27-14-33-26-13-25(32)22(12-23(26)30(27)37(17)19-7-9-36(10-8-19)29(40)16-39)21-6-5-20(11-24(21)31)41-28-4-2-3-18(15-38)35-28;1-16-34-25-14-33-24-13-23(31)20(19-6-5-18(11-22(19)30)40-27-4-2-3-26(32)35-27)12-21(24)29(25)37(16)17-7-9-36(10-8-17)28(39)15-38/h2-6,11-14,19,38-39H,7-10,15-16H2,1H3;2-6,11-14,17,38H,7-10,15H2,1H3. The second kappa shape index (κ2) is 23.1. The minimum absolute atomic E-state index is 0.0725. The van der Waals surface area contributed by atoms with Crippen LogP contribution in [0.3, 0.4) is 0 Å². The number of hydrogen-bond acceptors (Lipinski definition) is 13. The molecule has 3 N–H and O–H groups in total. The first-order valence-corrected chi connectivity index (χ1v) is 26.8. The summed E-state index contributed by atoms with van der Waals surface area (Å²) < 4.78 is 60.1. The van der Waals surface area contributed by atoms with Gasteiger partial charge in [0.2, 0.25) is 29.5 Å². The number of rotatable bonds is 11. The highest BCUT2D eigenvalue weighted by molar-refractivity contribution is 6.34. The van der Waals surface area contributed by atoms with E-state index >= 15 is 8.78 Å². The van der Waals surface area contributed by atoms with Crippen LogP contribution in [0.1, 0.15) is 55.1 Å². The molecule has 2 saturated heterocycles. The van der Waals surface area contributed by atoms with Crippen LogP contribution in [0.25, 0.3) is 66.1 Å². The van der Waals surface area contributed by atoms with Crippen LogP contribution in [0.2, 0.25) is 10.0 Å². The molecule has 0 spiro atoms. The summed E-state index contributed by atoms with van der Waals surface area (Å²) in [6.07, 6.45) is 6.11. The predicted octanol–water partition coefficient (Wildman–Crippen LogP) is 11.0. The van der Waals surface area contributed by atoms with Crippen molar-refractivity contribution in [1.82, 2.24) is 48.8 Å². The van der Waals surface area contributed by atoms with Crippen molar-refractivity contribution in [1.29, 1.82) is 0 Å². The molecule has 2 aliphatic heterocycles. The van der Waals surface area contributed by atoms with Crippen LogP contribution < -0.4 is 9.47 Å². The van der Waals surface area contributed by atoms with Crippen LogP contribution in [0.4, 0.5) is 13.2 Å². The van der Waals surface area contributed by atoms with Crippen LogP contribution in [-0.4, -0.2) is 115 Å². The Kier molecular flexibility index (Phi) is 15.6. The SMILES string of the molecule is Cc1nc2cnc3cc(F)c(-c4ccc(Oc5cccc(CO)n5)cc4Cl)cc3c2n1C1CCN(C(=O)CO)CC1.Cc1nc2cnc3cc(F)c(-c4ccc(Oc5cccc(F)n5)cc4Cl)cc3c2n1C1CCN(C(=O)CO)CC1. The molecule has 10 aromatic rings. The Hall–Kier alpha value is -8.27. The molecule has 2 fully saturated rings.